The maximum absolute atomic E-state index is 9.93. The van der Waals surface area contributed by atoms with E-state index < -0.39 is 6.10 Å². The first kappa shape index (κ1) is 14.1. The SMILES string of the molecule is Nc1ccc(OCC(O)CN2CCC(O)CC2)cc1. The lowest BCUT2D eigenvalue weighted by Crippen LogP contribution is -2.41. The summed E-state index contributed by atoms with van der Waals surface area (Å²) in [7, 11) is 0. The summed E-state index contributed by atoms with van der Waals surface area (Å²) in [4.78, 5) is 2.16. The summed E-state index contributed by atoms with van der Waals surface area (Å²) in [5.41, 5.74) is 6.28. The minimum atomic E-state index is -0.521. The van der Waals surface area contributed by atoms with Gasteiger partial charge in [-0.05, 0) is 37.1 Å². The maximum Gasteiger partial charge on any atom is 0.119 e. The number of ether oxygens (including phenoxy) is 1. The second kappa shape index (κ2) is 6.75. The van der Waals surface area contributed by atoms with E-state index in [9.17, 15) is 10.2 Å². The average Bonchev–Trinajstić information content (AvgIpc) is 2.41. The lowest BCUT2D eigenvalue weighted by atomic mass is 10.1. The highest BCUT2D eigenvalue weighted by atomic mass is 16.5. The number of piperidine rings is 1. The van der Waals surface area contributed by atoms with Crippen molar-refractivity contribution in [1.82, 2.24) is 4.90 Å². The van der Waals surface area contributed by atoms with Crippen LogP contribution in [-0.4, -0.2) is 53.6 Å². The molecule has 0 aromatic heterocycles. The minimum Gasteiger partial charge on any atom is -0.491 e. The van der Waals surface area contributed by atoms with Gasteiger partial charge in [-0.2, -0.15) is 0 Å². The standard InChI is InChI=1S/C14H22N2O3/c15-11-1-3-14(4-2-11)19-10-13(18)9-16-7-5-12(17)6-8-16/h1-4,12-13,17-18H,5-10,15H2. The van der Waals surface area contributed by atoms with Crippen molar-refractivity contribution in [3.63, 3.8) is 0 Å². The third-order valence-corrected chi connectivity index (χ3v) is 3.35. The fourth-order valence-corrected chi connectivity index (χ4v) is 2.21. The molecule has 1 unspecified atom stereocenters. The van der Waals surface area contributed by atoms with Crippen LogP contribution in [0.15, 0.2) is 24.3 Å². The van der Waals surface area contributed by atoms with Gasteiger partial charge < -0.3 is 25.6 Å². The number of aliphatic hydroxyl groups excluding tert-OH is 2. The Morgan fingerprint density at radius 2 is 1.89 bits per heavy atom. The van der Waals surface area contributed by atoms with Crippen molar-refractivity contribution in [3.05, 3.63) is 24.3 Å². The van der Waals surface area contributed by atoms with Crippen molar-refractivity contribution >= 4 is 5.69 Å². The fraction of sp³-hybridized carbons (Fsp3) is 0.571. The van der Waals surface area contributed by atoms with Crippen molar-refractivity contribution in [1.29, 1.82) is 0 Å². The van der Waals surface area contributed by atoms with Crippen LogP contribution in [0, 0.1) is 0 Å². The molecule has 1 heterocycles. The van der Waals surface area contributed by atoms with E-state index >= 15 is 0 Å². The fourth-order valence-electron chi connectivity index (χ4n) is 2.21. The van der Waals surface area contributed by atoms with Crippen molar-refractivity contribution < 1.29 is 14.9 Å². The molecule has 1 saturated heterocycles. The lowest BCUT2D eigenvalue weighted by Gasteiger charge is -2.30. The predicted octanol–water partition coefficient (Wildman–Crippen LogP) is 0.465. The molecule has 1 fully saturated rings. The smallest absolute Gasteiger partial charge is 0.119 e. The van der Waals surface area contributed by atoms with E-state index in [1.54, 1.807) is 24.3 Å². The van der Waals surface area contributed by atoms with Gasteiger partial charge in [0.1, 0.15) is 18.5 Å². The summed E-state index contributed by atoms with van der Waals surface area (Å²) in [6, 6.07) is 7.13. The minimum absolute atomic E-state index is 0.181. The molecule has 5 nitrogen and oxygen atoms in total. The number of anilines is 1. The first-order valence-corrected chi connectivity index (χ1v) is 6.70. The number of nitrogens with two attached hydrogens (primary N) is 1. The molecule has 0 aliphatic carbocycles. The number of aliphatic hydroxyl groups is 2. The second-order valence-corrected chi connectivity index (χ2v) is 5.07. The third kappa shape index (κ3) is 4.70. The topological polar surface area (TPSA) is 79.0 Å². The van der Waals surface area contributed by atoms with Gasteiger partial charge in [-0.3, -0.25) is 0 Å². The molecule has 0 spiro atoms. The van der Waals surface area contributed by atoms with Crippen LogP contribution in [0.2, 0.25) is 0 Å². The molecule has 5 heteroatoms. The monoisotopic (exact) mass is 266 g/mol. The van der Waals surface area contributed by atoms with Gasteiger partial charge in [-0.25, -0.2) is 0 Å². The molecular weight excluding hydrogens is 244 g/mol. The number of benzene rings is 1. The number of hydrogen-bond donors (Lipinski definition) is 3. The van der Waals surface area contributed by atoms with E-state index in [0.717, 1.165) is 25.9 Å². The molecule has 0 amide bonds. The summed E-state index contributed by atoms with van der Waals surface area (Å²) in [5.74, 6) is 0.710. The molecule has 1 atom stereocenters. The first-order chi connectivity index (χ1) is 9.13. The van der Waals surface area contributed by atoms with Gasteiger partial charge in [0.15, 0.2) is 0 Å². The molecule has 1 aromatic rings. The summed E-state index contributed by atoms with van der Waals surface area (Å²) in [6.07, 6.45) is 0.865. The van der Waals surface area contributed by atoms with Crippen molar-refractivity contribution in [2.24, 2.45) is 0 Å². The van der Waals surface area contributed by atoms with Crippen LogP contribution in [-0.2, 0) is 0 Å². The lowest BCUT2D eigenvalue weighted by molar-refractivity contribution is 0.0338. The van der Waals surface area contributed by atoms with Gasteiger partial charge >= 0.3 is 0 Å². The Balaban J connectivity index is 1.69. The van der Waals surface area contributed by atoms with E-state index in [1.165, 1.54) is 0 Å². The van der Waals surface area contributed by atoms with Crippen molar-refractivity contribution in [3.8, 4) is 5.75 Å². The number of nitrogens with zero attached hydrogens (tertiary/aromatic N) is 1. The van der Waals surface area contributed by atoms with Gasteiger partial charge in [0.25, 0.3) is 0 Å². The van der Waals surface area contributed by atoms with E-state index in [1.807, 2.05) is 0 Å². The molecule has 4 N–H and O–H groups in total. The third-order valence-electron chi connectivity index (χ3n) is 3.35. The molecule has 1 aliphatic rings. The molecule has 0 bridgehead atoms. The van der Waals surface area contributed by atoms with E-state index in [-0.39, 0.29) is 12.7 Å². The van der Waals surface area contributed by atoms with Crippen LogP contribution in [0.4, 0.5) is 5.69 Å². The molecule has 0 saturated carbocycles. The summed E-state index contributed by atoms with van der Waals surface area (Å²) in [5, 5.41) is 19.3. The highest BCUT2D eigenvalue weighted by Crippen LogP contribution is 2.14. The number of β-amino-alcohol motifs (C(OH)–C–C–N with tert-alkyl or cyclic N) is 1. The molecule has 1 aromatic carbocycles. The Morgan fingerprint density at radius 1 is 1.26 bits per heavy atom. The number of rotatable bonds is 5. The van der Waals surface area contributed by atoms with Gasteiger partial charge in [0.2, 0.25) is 0 Å². The maximum atomic E-state index is 9.93. The van der Waals surface area contributed by atoms with Crippen LogP contribution in [0.1, 0.15) is 12.8 Å². The molecule has 2 rings (SSSR count). The quantitative estimate of drug-likeness (QED) is 0.675. The molecule has 19 heavy (non-hydrogen) atoms. The van der Waals surface area contributed by atoms with Crippen LogP contribution in [0.25, 0.3) is 0 Å². The second-order valence-electron chi connectivity index (χ2n) is 5.07. The average molecular weight is 266 g/mol. The van der Waals surface area contributed by atoms with E-state index in [0.29, 0.717) is 18.0 Å². The summed E-state index contributed by atoms with van der Waals surface area (Å²) in [6.45, 7) is 2.52. The van der Waals surface area contributed by atoms with Crippen LogP contribution < -0.4 is 10.5 Å². The molecule has 1 aliphatic heterocycles. The van der Waals surface area contributed by atoms with Crippen LogP contribution in [0.3, 0.4) is 0 Å². The highest BCUT2D eigenvalue weighted by molar-refractivity contribution is 5.41. The Bertz CT molecular complexity index is 375. The number of hydrogen-bond acceptors (Lipinski definition) is 5. The van der Waals surface area contributed by atoms with Crippen molar-refractivity contribution in [2.75, 3.05) is 32.0 Å². The number of nitrogen functional groups attached to an aromatic ring is 1. The summed E-state index contributed by atoms with van der Waals surface area (Å²) < 4.78 is 5.50. The number of likely N-dealkylation sites (tertiary alicyclic amines) is 1. The Labute approximate surface area is 113 Å². The molecular formula is C14H22N2O3. The van der Waals surface area contributed by atoms with Gasteiger partial charge in [-0.1, -0.05) is 0 Å². The van der Waals surface area contributed by atoms with Crippen LogP contribution >= 0.6 is 0 Å². The zero-order valence-corrected chi connectivity index (χ0v) is 11.0. The van der Waals surface area contributed by atoms with Crippen molar-refractivity contribution in [2.45, 2.75) is 25.0 Å². The Hall–Kier alpha value is -1.30. The van der Waals surface area contributed by atoms with Gasteiger partial charge in [0, 0.05) is 25.3 Å². The highest BCUT2D eigenvalue weighted by Gasteiger charge is 2.19. The van der Waals surface area contributed by atoms with Gasteiger partial charge in [-0.15, -0.1) is 0 Å². The normalized spacial score (nSPS) is 19.3. The zero-order valence-electron chi connectivity index (χ0n) is 11.0. The largest absolute Gasteiger partial charge is 0.491 e. The Kier molecular flexibility index (Phi) is 5.01. The van der Waals surface area contributed by atoms with Crippen LogP contribution in [0.5, 0.6) is 5.75 Å². The zero-order chi connectivity index (χ0) is 13.7. The first-order valence-electron chi connectivity index (χ1n) is 6.70. The molecule has 106 valence electrons. The van der Waals surface area contributed by atoms with E-state index in [4.69, 9.17) is 10.5 Å². The Morgan fingerprint density at radius 3 is 2.53 bits per heavy atom. The van der Waals surface area contributed by atoms with Gasteiger partial charge in [0.05, 0.1) is 6.10 Å². The summed E-state index contributed by atoms with van der Waals surface area (Å²) >= 11 is 0. The predicted molar refractivity (Wildman–Crippen MR) is 74.0 cm³/mol. The molecule has 0 radical (unpaired) electrons. The van der Waals surface area contributed by atoms with E-state index in [2.05, 4.69) is 4.90 Å².